The van der Waals surface area contributed by atoms with Crippen molar-refractivity contribution in [3.8, 4) is 0 Å². The van der Waals surface area contributed by atoms with Gasteiger partial charge in [-0.15, -0.1) is 0 Å². The number of hydrogen-bond donors (Lipinski definition) is 1. The Morgan fingerprint density at radius 1 is 1.31 bits per heavy atom. The van der Waals surface area contributed by atoms with Crippen molar-refractivity contribution in [2.45, 2.75) is 13.8 Å². The summed E-state index contributed by atoms with van der Waals surface area (Å²) in [5, 5.41) is 6.25. The van der Waals surface area contributed by atoms with E-state index in [1.165, 1.54) is 0 Å². The molecule has 0 aromatic heterocycles. The minimum atomic E-state index is 0. The zero-order chi connectivity index (χ0) is 10.9. The molecule has 1 rings (SSSR count). The molecular formula is C12H19ClN2O. The van der Waals surface area contributed by atoms with Crippen molar-refractivity contribution >= 4 is 5.71 Å². The molecule has 0 bridgehead atoms. The van der Waals surface area contributed by atoms with E-state index in [1.807, 2.05) is 37.3 Å². The summed E-state index contributed by atoms with van der Waals surface area (Å²) in [5.74, 6) is 0. The Balaban J connectivity index is 0.00000225. The molecule has 0 atom stereocenters. The van der Waals surface area contributed by atoms with Crippen molar-refractivity contribution in [1.82, 2.24) is 0 Å². The van der Waals surface area contributed by atoms with E-state index in [4.69, 9.17) is 4.84 Å². The van der Waals surface area contributed by atoms with Crippen molar-refractivity contribution in [2.75, 3.05) is 19.7 Å². The van der Waals surface area contributed by atoms with E-state index in [1.54, 1.807) is 0 Å². The first kappa shape index (κ1) is 14.9. The first-order valence-electron chi connectivity index (χ1n) is 5.38. The van der Waals surface area contributed by atoms with Crippen LogP contribution in [-0.2, 0) is 4.84 Å². The first-order valence-corrected chi connectivity index (χ1v) is 5.38. The summed E-state index contributed by atoms with van der Waals surface area (Å²) in [4.78, 5) is 5.21. The molecule has 0 unspecified atom stereocenters. The van der Waals surface area contributed by atoms with Gasteiger partial charge < -0.3 is 22.6 Å². The number of halogens is 1. The van der Waals surface area contributed by atoms with Crippen LogP contribution in [0.25, 0.3) is 0 Å². The highest BCUT2D eigenvalue weighted by Gasteiger charge is 1.95. The summed E-state index contributed by atoms with van der Waals surface area (Å²) >= 11 is 0. The second-order valence-corrected chi connectivity index (χ2v) is 3.36. The molecule has 0 amide bonds. The van der Waals surface area contributed by atoms with Crippen molar-refractivity contribution in [1.29, 1.82) is 0 Å². The summed E-state index contributed by atoms with van der Waals surface area (Å²) in [6.07, 6.45) is 0. The van der Waals surface area contributed by atoms with Crippen LogP contribution in [0.2, 0.25) is 0 Å². The summed E-state index contributed by atoms with van der Waals surface area (Å²) < 4.78 is 0. The summed E-state index contributed by atoms with van der Waals surface area (Å²) in [7, 11) is 0. The standard InChI is InChI=1S/C12H18N2O.ClH/c1-3-13-9-10-15-14-11(2)12-7-5-4-6-8-12;/h4-8,13H,3,9-10H2,1-2H3;1H/b14-11+;. The maximum absolute atomic E-state index is 5.21. The van der Waals surface area contributed by atoms with E-state index in [9.17, 15) is 0 Å². The van der Waals surface area contributed by atoms with Crippen LogP contribution >= 0.6 is 0 Å². The maximum Gasteiger partial charge on any atom is 0.165 e. The normalized spacial score (nSPS) is 10.8. The van der Waals surface area contributed by atoms with Crippen molar-refractivity contribution < 1.29 is 22.6 Å². The molecule has 4 heteroatoms. The van der Waals surface area contributed by atoms with Gasteiger partial charge in [0.05, 0.1) is 12.3 Å². The Morgan fingerprint density at radius 3 is 2.62 bits per heavy atom. The van der Waals surface area contributed by atoms with Crippen LogP contribution in [0.3, 0.4) is 0 Å². The number of hydrogen-bond acceptors (Lipinski definition) is 2. The fraction of sp³-hybridized carbons (Fsp3) is 0.417. The maximum atomic E-state index is 5.21. The van der Waals surface area contributed by atoms with Gasteiger partial charge in [-0.25, -0.2) is 0 Å². The van der Waals surface area contributed by atoms with Crippen LogP contribution in [-0.4, -0.2) is 25.4 Å². The zero-order valence-electron chi connectivity index (χ0n) is 9.82. The third kappa shape index (κ3) is 5.73. The highest BCUT2D eigenvalue weighted by atomic mass is 35.5. The molecule has 0 aliphatic rings. The molecule has 1 aromatic rings. The average molecular weight is 243 g/mol. The average Bonchev–Trinajstić information content (AvgIpc) is 2.30. The molecule has 3 nitrogen and oxygen atoms in total. The smallest absolute Gasteiger partial charge is 0.165 e. The molecule has 0 fully saturated rings. The Morgan fingerprint density at radius 2 is 2.00 bits per heavy atom. The molecule has 0 aliphatic carbocycles. The third-order valence-electron chi connectivity index (χ3n) is 2.09. The van der Waals surface area contributed by atoms with E-state index >= 15 is 0 Å². The lowest BCUT2D eigenvalue weighted by molar-refractivity contribution is -0.653. The predicted molar refractivity (Wildman–Crippen MR) is 61.9 cm³/mol. The molecule has 0 spiro atoms. The molecule has 1 aromatic carbocycles. The molecule has 0 radical (unpaired) electrons. The molecule has 90 valence electrons. The van der Waals surface area contributed by atoms with Gasteiger partial charge in [-0.05, 0) is 19.4 Å². The number of quaternary nitrogens is 1. The number of nitrogens with zero attached hydrogens (tertiary/aromatic N) is 1. The number of rotatable bonds is 6. The summed E-state index contributed by atoms with van der Waals surface area (Å²) in [5.41, 5.74) is 2.03. The molecule has 16 heavy (non-hydrogen) atoms. The van der Waals surface area contributed by atoms with Crippen LogP contribution in [0.4, 0.5) is 0 Å². The van der Waals surface area contributed by atoms with E-state index in [2.05, 4.69) is 17.4 Å². The Bertz CT molecular complexity index is 301. The van der Waals surface area contributed by atoms with E-state index < -0.39 is 0 Å². The van der Waals surface area contributed by atoms with E-state index in [0.29, 0.717) is 6.61 Å². The van der Waals surface area contributed by atoms with E-state index in [-0.39, 0.29) is 12.4 Å². The highest BCUT2D eigenvalue weighted by molar-refractivity contribution is 5.98. The molecular weight excluding hydrogens is 224 g/mol. The lowest BCUT2D eigenvalue weighted by atomic mass is 10.1. The topological polar surface area (TPSA) is 38.2 Å². The van der Waals surface area contributed by atoms with Gasteiger partial charge in [-0.3, -0.25) is 0 Å². The Hall–Kier alpha value is -1.06. The summed E-state index contributed by atoms with van der Waals surface area (Å²) in [6.45, 7) is 6.79. The number of likely N-dealkylation sites (N-methyl/N-ethyl adjacent to an activating group) is 1. The van der Waals surface area contributed by atoms with Gasteiger partial charge in [0.2, 0.25) is 0 Å². The molecule has 0 saturated heterocycles. The van der Waals surface area contributed by atoms with Gasteiger partial charge >= 0.3 is 0 Å². The van der Waals surface area contributed by atoms with Gasteiger partial charge in [0.15, 0.2) is 6.61 Å². The van der Waals surface area contributed by atoms with Crippen LogP contribution in [0.1, 0.15) is 19.4 Å². The van der Waals surface area contributed by atoms with Crippen LogP contribution in [0.5, 0.6) is 0 Å². The van der Waals surface area contributed by atoms with E-state index in [0.717, 1.165) is 24.4 Å². The minimum Gasteiger partial charge on any atom is -1.00 e. The molecule has 0 heterocycles. The van der Waals surface area contributed by atoms with Crippen molar-refractivity contribution in [3.05, 3.63) is 35.9 Å². The number of benzene rings is 1. The lowest BCUT2D eigenvalue weighted by Crippen LogP contribution is -3.00. The minimum absolute atomic E-state index is 0. The lowest BCUT2D eigenvalue weighted by Gasteiger charge is -2.01. The summed E-state index contributed by atoms with van der Waals surface area (Å²) in [6, 6.07) is 10.0. The van der Waals surface area contributed by atoms with Gasteiger partial charge in [-0.2, -0.15) is 0 Å². The third-order valence-corrected chi connectivity index (χ3v) is 2.09. The Kier molecular flexibility index (Phi) is 8.58. The highest BCUT2D eigenvalue weighted by Crippen LogP contribution is 2.00. The largest absolute Gasteiger partial charge is 1.00 e. The van der Waals surface area contributed by atoms with Gasteiger partial charge in [-0.1, -0.05) is 35.5 Å². The number of oxime groups is 1. The van der Waals surface area contributed by atoms with Crippen LogP contribution in [0.15, 0.2) is 35.5 Å². The Labute approximate surface area is 103 Å². The molecule has 0 aliphatic heterocycles. The van der Waals surface area contributed by atoms with Crippen LogP contribution in [0, 0.1) is 0 Å². The first-order chi connectivity index (χ1) is 7.34. The van der Waals surface area contributed by atoms with Crippen molar-refractivity contribution in [2.24, 2.45) is 5.16 Å². The fourth-order valence-corrected chi connectivity index (χ4v) is 1.21. The molecule has 2 N–H and O–H groups in total. The SMILES string of the molecule is CC[NH2+]CCO/N=C(\C)c1ccccc1.[Cl-]. The van der Waals surface area contributed by atoms with Gasteiger partial charge in [0.1, 0.15) is 6.54 Å². The molecule has 0 saturated carbocycles. The predicted octanol–water partition coefficient (Wildman–Crippen LogP) is -1.99. The second-order valence-electron chi connectivity index (χ2n) is 3.36. The quantitative estimate of drug-likeness (QED) is 0.350. The monoisotopic (exact) mass is 242 g/mol. The van der Waals surface area contributed by atoms with Gasteiger partial charge in [0, 0.05) is 0 Å². The second kappa shape index (κ2) is 9.19. The number of nitrogens with two attached hydrogens (primary N) is 1. The van der Waals surface area contributed by atoms with Crippen LogP contribution < -0.4 is 17.7 Å². The van der Waals surface area contributed by atoms with Gasteiger partial charge in [0.25, 0.3) is 0 Å². The zero-order valence-corrected chi connectivity index (χ0v) is 10.6. The fourth-order valence-electron chi connectivity index (χ4n) is 1.21. The van der Waals surface area contributed by atoms with Crippen molar-refractivity contribution in [3.63, 3.8) is 0 Å².